The Balaban J connectivity index is 1.79. The molecule has 1 N–H and O–H groups in total. The minimum atomic E-state index is -4.53. The first-order valence-electron chi connectivity index (χ1n) is 8.16. The van der Waals surface area contributed by atoms with E-state index in [-0.39, 0.29) is 10.9 Å². The van der Waals surface area contributed by atoms with Crippen LogP contribution in [0.3, 0.4) is 0 Å². The lowest BCUT2D eigenvalue weighted by atomic mass is 10.2. The molecule has 0 aliphatic carbocycles. The van der Waals surface area contributed by atoms with Crippen LogP contribution in [-0.4, -0.2) is 17.7 Å². The number of halogens is 3. The summed E-state index contributed by atoms with van der Waals surface area (Å²) in [5.41, 5.74) is -0.354. The van der Waals surface area contributed by atoms with Crippen LogP contribution in [0.5, 0.6) is 5.75 Å². The summed E-state index contributed by atoms with van der Waals surface area (Å²) in [6.45, 7) is 3.96. The van der Waals surface area contributed by atoms with E-state index in [1.165, 1.54) is 18.2 Å². The molecule has 144 valence electrons. The third-order valence-electron chi connectivity index (χ3n) is 3.63. The van der Waals surface area contributed by atoms with E-state index in [4.69, 9.17) is 4.74 Å². The Kier molecular flexibility index (Phi) is 5.89. The number of nitrogens with one attached hydrogen (secondary N) is 1. The summed E-state index contributed by atoms with van der Waals surface area (Å²) in [6, 6.07) is 12.0. The number of hydrogen-bond acceptors (Lipinski definition) is 4. The average molecular weight is 404 g/mol. The summed E-state index contributed by atoms with van der Waals surface area (Å²) in [5.74, 6) is 0.247. The summed E-state index contributed by atoms with van der Waals surface area (Å²) in [6.07, 6.45) is -1.26. The van der Waals surface area contributed by atoms with Gasteiger partial charge in [-0.25, -0.2) is 4.99 Å². The van der Waals surface area contributed by atoms with Crippen molar-refractivity contribution in [2.24, 2.45) is 4.99 Å². The molecule has 2 aromatic carbocycles. The largest absolute Gasteiger partial charge is 0.490 e. The second-order valence-electron chi connectivity index (χ2n) is 5.67. The Morgan fingerprint density at radius 2 is 1.86 bits per heavy atom. The zero-order valence-corrected chi connectivity index (χ0v) is 15.3. The summed E-state index contributed by atoms with van der Waals surface area (Å²) in [5, 5.41) is 2.59. The average Bonchev–Trinajstić information content (AvgIpc) is 2.99. The monoisotopic (exact) mass is 404 g/mol. The second-order valence-corrected chi connectivity index (χ2v) is 6.70. The van der Waals surface area contributed by atoms with Crippen molar-refractivity contribution in [1.82, 2.24) is 5.32 Å². The molecule has 0 spiro atoms. The highest BCUT2D eigenvalue weighted by Gasteiger charge is 2.34. The Hall–Kier alpha value is -3.00. The number of nitrogens with zero attached hydrogens (tertiary/aromatic N) is 1. The van der Waals surface area contributed by atoms with E-state index in [1.807, 2.05) is 0 Å². The summed E-state index contributed by atoms with van der Waals surface area (Å²) in [7, 11) is 0. The second kappa shape index (κ2) is 8.35. The van der Waals surface area contributed by atoms with Gasteiger partial charge in [0.05, 0.1) is 16.2 Å². The van der Waals surface area contributed by atoms with Crippen LogP contribution >= 0.6 is 11.8 Å². The molecule has 0 aromatic heterocycles. The number of para-hydroxylation sites is 1. The van der Waals surface area contributed by atoms with Crippen molar-refractivity contribution in [3.63, 3.8) is 0 Å². The molecule has 1 fully saturated rings. The first-order valence-corrected chi connectivity index (χ1v) is 8.98. The Labute approximate surface area is 163 Å². The van der Waals surface area contributed by atoms with Gasteiger partial charge in [-0.1, -0.05) is 36.9 Å². The zero-order chi connectivity index (χ0) is 20.1. The van der Waals surface area contributed by atoms with E-state index in [1.54, 1.807) is 36.4 Å². The zero-order valence-electron chi connectivity index (χ0n) is 14.5. The number of benzene rings is 2. The highest BCUT2D eigenvalue weighted by atomic mass is 32.2. The number of amides is 1. The fourth-order valence-corrected chi connectivity index (χ4v) is 3.20. The standard InChI is InChI=1S/C20H15F3N2O2S/c1-2-11-27-14-9-7-13(8-10-14)12-17-18(26)25-19(28-17)24-16-6-4-3-5-15(16)20(21,22)23/h2-10,12H,1,11H2,(H,24,25,26)/b17-12-. The molecule has 0 unspecified atom stereocenters. The van der Waals surface area contributed by atoms with Crippen LogP contribution in [0.1, 0.15) is 11.1 Å². The molecule has 0 saturated carbocycles. The van der Waals surface area contributed by atoms with Crippen molar-refractivity contribution in [3.05, 3.63) is 77.2 Å². The van der Waals surface area contributed by atoms with Crippen molar-refractivity contribution in [1.29, 1.82) is 0 Å². The van der Waals surface area contributed by atoms with E-state index < -0.39 is 17.6 Å². The molecule has 1 amide bonds. The van der Waals surface area contributed by atoms with Crippen molar-refractivity contribution in [2.45, 2.75) is 6.18 Å². The highest BCUT2D eigenvalue weighted by Crippen LogP contribution is 2.37. The van der Waals surface area contributed by atoms with Gasteiger partial charge in [0.1, 0.15) is 12.4 Å². The van der Waals surface area contributed by atoms with E-state index in [0.29, 0.717) is 17.3 Å². The van der Waals surface area contributed by atoms with Crippen molar-refractivity contribution < 1.29 is 22.7 Å². The first kappa shape index (κ1) is 19.8. The lowest BCUT2D eigenvalue weighted by Crippen LogP contribution is -2.19. The predicted octanol–water partition coefficient (Wildman–Crippen LogP) is 5.16. The van der Waals surface area contributed by atoms with Gasteiger partial charge in [-0.3, -0.25) is 4.79 Å². The van der Waals surface area contributed by atoms with E-state index >= 15 is 0 Å². The molecule has 0 radical (unpaired) electrons. The number of amidine groups is 1. The molecular formula is C20H15F3N2O2S. The van der Waals surface area contributed by atoms with Crippen LogP contribution in [-0.2, 0) is 11.0 Å². The number of aliphatic imine (C=N–C) groups is 1. The maximum absolute atomic E-state index is 13.1. The van der Waals surface area contributed by atoms with Gasteiger partial charge < -0.3 is 10.1 Å². The number of hydrogen-bond donors (Lipinski definition) is 1. The molecule has 2 aromatic rings. The SMILES string of the molecule is C=CCOc1ccc(/C=C2\SC(=Nc3ccccc3C(F)(F)F)NC2=O)cc1. The maximum Gasteiger partial charge on any atom is 0.418 e. The molecule has 1 saturated heterocycles. The van der Waals surface area contributed by atoms with Crippen LogP contribution < -0.4 is 10.1 Å². The van der Waals surface area contributed by atoms with Crippen LogP contribution in [0, 0.1) is 0 Å². The molecular weight excluding hydrogens is 389 g/mol. The Morgan fingerprint density at radius 3 is 2.54 bits per heavy atom. The molecule has 1 heterocycles. The van der Waals surface area contributed by atoms with Crippen molar-refractivity contribution in [3.8, 4) is 5.75 Å². The summed E-state index contributed by atoms with van der Waals surface area (Å²) >= 11 is 0.984. The van der Waals surface area contributed by atoms with Crippen LogP contribution in [0.25, 0.3) is 6.08 Å². The Morgan fingerprint density at radius 1 is 1.14 bits per heavy atom. The third kappa shape index (κ3) is 4.83. The number of alkyl halides is 3. The molecule has 4 nitrogen and oxygen atoms in total. The number of carbonyl (C=O) groups excluding carboxylic acids is 1. The van der Waals surface area contributed by atoms with Crippen molar-refractivity contribution >= 4 is 34.6 Å². The summed E-state index contributed by atoms with van der Waals surface area (Å²) in [4.78, 5) is 16.4. The fourth-order valence-electron chi connectivity index (χ4n) is 2.37. The topological polar surface area (TPSA) is 50.7 Å². The van der Waals surface area contributed by atoms with Gasteiger partial charge in [0, 0.05) is 0 Å². The number of carbonyl (C=O) groups is 1. The summed E-state index contributed by atoms with van der Waals surface area (Å²) < 4.78 is 44.6. The molecule has 0 bridgehead atoms. The van der Waals surface area contributed by atoms with Crippen LogP contribution in [0.15, 0.2) is 71.1 Å². The van der Waals surface area contributed by atoms with E-state index in [9.17, 15) is 18.0 Å². The molecule has 1 aliphatic rings. The number of thioether (sulfide) groups is 1. The number of ether oxygens (including phenoxy) is 1. The van der Waals surface area contributed by atoms with Crippen LogP contribution in [0.2, 0.25) is 0 Å². The fraction of sp³-hybridized carbons (Fsp3) is 0.100. The van der Waals surface area contributed by atoms with Gasteiger partial charge in [0.25, 0.3) is 5.91 Å². The van der Waals surface area contributed by atoms with Crippen molar-refractivity contribution in [2.75, 3.05) is 6.61 Å². The lowest BCUT2D eigenvalue weighted by molar-refractivity contribution is -0.137. The normalized spacial score (nSPS) is 17.0. The lowest BCUT2D eigenvalue weighted by Gasteiger charge is -2.09. The molecule has 8 heteroatoms. The van der Waals surface area contributed by atoms with Gasteiger partial charge in [0.15, 0.2) is 5.17 Å². The molecule has 28 heavy (non-hydrogen) atoms. The first-order chi connectivity index (χ1) is 13.4. The minimum Gasteiger partial charge on any atom is -0.490 e. The third-order valence-corrected chi connectivity index (χ3v) is 4.54. The maximum atomic E-state index is 13.1. The highest BCUT2D eigenvalue weighted by molar-refractivity contribution is 8.18. The predicted molar refractivity (Wildman–Crippen MR) is 104 cm³/mol. The van der Waals surface area contributed by atoms with E-state index in [0.717, 1.165) is 23.4 Å². The van der Waals surface area contributed by atoms with Crippen LogP contribution in [0.4, 0.5) is 18.9 Å². The smallest absolute Gasteiger partial charge is 0.418 e. The quantitative estimate of drug-likeness (QED) is 0.553. The molecule has 3 rings (SSSR count). The van der Waals surface area contributed by atoms with E-state index in [2.05, 4.69) is 16.9 Å². The Bertz CT molecular complexity index is 951. The number of rotatable bonds is 5. The van der Waals surface area contributed by atoms with Gasteiger partial charge >= 0.3 is 6.18 Å². The van der Waals surface area contributed by atoms with Gasteiger partial charge in [-0.05, 0) is 47.7 Å². The molecule has 0 atom stereocenters. The van der Waals surface area contributed by atoms with Gasteiger partial charge in [0.2, 0.25) is 0 Å². The van der Waals surface area contributed by atoms with Gasteiger partial charge in [-0.2, -0.15) is 13.2 Å². The van der Waals surface area contributed by atoms with Gasteiger partial charge in [-0.15, -0.1) is 0 Å². The minimum absolute atomic E-state index is 0.0962. The molecule has 1 aliphatic heterocycles.